The van der Waals surface area contributed by atoms with E-state index in [1.54, 1.807) is 13.2 Å². The van der Waals surface area contributed by atoms with Crippen LogP contribution in [-0.4, -0.2) is 25.8 Å². The number of nitrogens with zero attached hydrogens (tertiary/aromatic N) is 1. The molecule has 1 fully saturated rings. The fourth-order valence-electron chi connectivity index (χ4n) is 3.26. The predicted molar refractivity (Wildman–Crippen MR) is 112 cm³/mol. The molecule has 1 N–H and O–H groups in total. The van der Waals surface area contributed by atoms with E-state index >= 15 is 0 Å². The Kier molecular flexibility index (Phi) is 6.17. The van der Waals surface area contributed by atoms with Crippen LogP contribution in [0.2, 0.25) is 5.02 Å². The fraction of sp³-hybridized carbons (Fsp3) is 0.435. The normalized spacial score (nSPS) is 15.0. The summed E-state index contributed by atoms with van der Waals surface area (Å²) in [6, 6.07) is 15.7. The number of rotatable bonds is 9. The topological polar surface area (TPSA) is 54.3 Å². The van der Waals surface area contributed by atoms with Gasteiger partial charge in [-0.3, -0.25) is 0 Å². The average Bonchev–Trinajstić information content (AvgIpc) is 3.46. The third kappa shape index (κ3) is 5.19. The third-order valence-corrected chi connectivity index (χ3v) is 5.64. The van der Waals surface area contributed by atoms with Gasteiger partial charge >= 0.3 is 0 Å². The van der Waals surface area contributed by atoms with Crippen molar-refractivity contribution in [2.24, 2.45) is 5.41 Å². The molecule has 2 aromatic rings. The molecular formula is C23H27ClN2O2. The first-order valence-corrected chi connectivity index (χ1v) is 9.94. The maximum absolute atomic E-state index is 9.29. The molecule has 28 heavy (non-hydrogen) atoms. The van der Waals surface area contributed by atoms with Gasteiger partial charge < -0.3 is 14.8 Å². The number of hydrogen-bond donors (Lipinski definition) is 1. The van der Waals surface area contributed by atoms with Crippen LogP contribution in [0, 0.1) is 16.7 Å². The Morgan fingerprint density at radius 1 is 1.18 bits per heavy atom. The van der Waals surface area contributed by atoms with E-state index in [2.05, 4.69) is 37.4 Å². The van der Waals surface area contributed by atoms with Crippen LogP contribution in [0.3, 0.4) is 0 Å². The first kappa shape index (κ1) is 20.5. The molecule has 0 bridgehead atoms. The number of halogens is 1. The van der Waals surface area contributed by atoms with E-state index in [4.69, 9.17) is 21.1 Å². The van der Waals surface area contributed by atoms with Gasteiger partial charge in [0.1, 0.15) is 23.1 Å². The Morgan fingerprint density at radius 2 is 1.89 bits per heavy atom. The second-order valence-corrected chi connectivity index (χ2v) is 8.68. The van der Waals surface area contributed by atoms with Crippen LogP contribution in [0.25, 0.3) is 0 Å². The zero-order valence-electron chi connectivity index (χ0n) is 16.7. The summed E-state index contributed by atoms with van der Waals surface area (Å²) in [5.41, 5.74) is 1.79. The summed E-state index contributed by atoms with van der Waals surface area (Å²) in [5, 5.41) is 13.4. The highest BCUT2D eigenvalue weighted by Gasteiger charge is 2.44. The van der Waals surface area contributed by atoms with Gasteiger partial charge in [-0.15, -0.1) is 0 Å². The third-order valence-electron chi connectivity index (χ3n) is 5.33. The molecule has 1 aliphatic carbocycles. The molecule has 5 heteroatoms. The lowest BCUT2D eigenvalue weighted by Crippen LogP contribution is -2.45. The number of benzene rings is 2. The largest absolute Gasteiger partial charge is 0.497 e. The van der Waals surface area contributed by atoms with Crippen molar-refractivity contribution in [2.75, 3.05) is 20.3 Å². The predicted octanol–water partition coefficient (Wildman–Crippen LogP) is 4.99. The van der Waals surface area contributed by atoms with Crippen LogP contribution in [0.15, 0.2) is 42.5 Å². The molecule has 3 rings (SSSR count). The van der Waals surface area contributed by atoms with Crippen molar-refractivity contribution < 1.29 is 9.47 Å². The van der Waals surface area contributed by atoms with Crippen LogP contribution in [-0.2, 0) is 6.42 Å². The van der Waals surface area contributed by atoms with Crippen molar-refractivity contribution in [1.29, 1.82) is 5.26 Å². The van der Waals surface area contributed by atoms with Crippen molar-refractivity contribution >= 4 is 11.6 Å². The van der Waals surface area contributed by atoms with E-state index in [0.717, 1.165) is 31.6 Å². The summed E-state index contributed by atoms with van der Waals surface area (Å²) in [7, 11) is 1.68. The zero-order valence-corrected chi connectivity index (χ0v) is 17.5. The quantitative estimate of drug-likeness (QED) is 0.646. The monoisotopic (exact) mass is 398 g/mol. The standard InChI is InChI=1S/C23H27ClN2O2/c1-22(2,13-17-7-9-18(27-3)10-8-17)26-15-23(11-12-23)16-28-21-6-4-5-20(24)19(21)14-25/h4-10,26H,11-13,15-16H2,1-3H3. The minimum absolute atomic E-state index is 0.0297. The second-order valence-electron chi connectivity index (χ2n) is 8.28. The molecule has 1 aliphatic rings. The Balaban J connectivity index is 1.54. The van der Waals surface area contributed by atoms with Gasteiger partial charge in [0, 0.05) is 17.5 Å². The Bertz CT molecular complexity index is 852. The summed E-state index contributed by atoms with van der Waals surface area (Å²) in [6.45, 7) is 5.92. The highest BCUT2D eigenvalue weighted by atomic mass is 35.5. The summed E-state index contributed by atoms with van der Waals surface area (Å²) >= 11 is 6.09. The van der Waals surface area contributed by atoms with E-state index in [1.165, 1.54) is 5.56 Å². The lowest BCUT2D eigenvalue weighted by atomic mass is 9.93. The van der Waals surface area contributed by atoms with Crippen LogP contribution in [0.5, 0.6) is 11.5 Å². The van der Waals surface area contributed by atoms with Crippen LogP contribution in [0.4, 0.5) is 0 Å². The minimum atomic E-state index is -0.0297. The maximum Gasteiger partial charge on any atom is 0.138 e. The molecule has 2 aromatic carbocycles. The molecule has 0 aromatic heterocycles. The average molecular weight is 399 g/mol. The Labute approximate surface area is 172 Å². The van der Waals surface area contributed by atoms with Gasteiger partial charge in [0.15, 0.2) is 0 Å². The molecule has 0 unspecified atom stereocenters. The van der Waals surface area contributed by atoms with Crippen LogP contribution >= 0.6 is 11.6 Å². The number of nitriles is 1. The lowest BCUT2D eigenvalue weighted by Gasteiger charge is -2.29. The first-order chi connectivity index (χ1) is 13.4. The molecule has 0 aliphatic heterocycles. The van der Waals surface area contributed by atoms with E-state index < -0.39 is 0 Å². The van der Waals surface area contributed by atoms with Crippen molar-refractivity contribution in [2.45, 2.75) is 38.6 Å². The van der Waals surface area contributed by atoms with Gasteiger partial charge in [-0.1, -0.05) is 29.8 Å². The number of methoxy groups -OCH3 is 1. The summed E-state index contributed by atoms with van der Waals surface area (Å²) in [4.78, 5) is 0. The van der Waals surface area contributed by atoms with Crippen molar-refractivity contribution in [1.82, 2.24) is 5.32 Å². The molecule has 4 nitrogen and oxygen atoms in total. The van der Waals surface area contributed by atoms with E-state index in [-0.39, 0.29) is 11.0 Å². The van der Waals surface area contributed by atoms with Gasteiger partial charge in [0.2, 0.25) is 0 Å². The summed E-state index contributed by atoms with van der Waals surface area (Å²) in [5.74, 6) is 1.44. The van der Waals surface area contributed by atoms with Crippen LogP contribution < -0.4 is 14.8 Å². The fourth-order valence-corrected chi connectivity index (χ4v) is 3.46. The molecule has 0 atom stereocenters. The number of hydrogen-bond acceptors (Lipinski definition) is 4. The van der Waals surface area contributed by atoms with Gasteiger partial charge in [-0.25, -0.2) is 0 Å². The second kappa shape index (κ2) is 8.43. The van der Waals surface area contributed by atoms with Crippen molar-refractivity contribution in [3.63, 3.8) is 0 Å². The highest BCUT2D eigenvalue weighted by molar-refractivity contribution is 6.31. The molecular weight excluding hydrogens is 372 g/mol. The summed E-state index contributed by atoms with van der Waals surface area (Å²) < 4.78 is 11.2. The van der Waals surface area contributed by atoms with E-state index in [1.807, 2.05) is 24.3 Å². The van der Waals surface area contributed by atoms with Crippen LogP contribution in [0.1, 0.15) is 37.8 Å². The highest BCUT2D eigenvalue weighted by Crippen LogP contribution is 2.46. The molecule has 0 saturated heterocycles. The number of ether oxygens (including phenoxy) is 2. The van der Waals surface area contributed by atoms with Gasteiger partial charge in [0.05, 0.1) is 18.7 Å². The maximum atomic E-state index is 9.29. The van der Waals surface area contributed by atoms with E-state index in [0.29, 0.717) is 22.9 Å². The first-order valence-electron chi connectivity index (χ1n) is 9.56. The summed E-state index contributed by atoms with van der Waals surface area (Å²) in [6.07, 6.45) is 3.18. The van der Waals surface area contributed by atoms with Crippen molar-refractivity contribution in [3.8, 4) is 17.6 Å². The minimum Gasteiger partial charge on any atom is -0.497 e. The molecule has 0 radical (unpaired) electrons. The SMILES string of the molecule is COc1ccc(CC(C)(C)NCC2(COc3cccc(Cl)c3C#N)CC2)cc1. The van der Waals surface area contributed by atoms with E-state index in [9.17, 15) is 5.26 Å². The smallest absolute Gasteiger partial charge is 0.138 e. The van der Waals surface area contributed by atoms with Gasteiger partial charge in [-0.2, -0.15) is 5.26 Å². The number of nitrogens with one attached hydrogen (secondary N) is 1. The van der Waals surface area contributed by atoms with Crippen molar-refractivity contribution in [3.05, 3.63) is 58.6 Å². The molecule has 0 spiro atoms. The molecule has 0 heterocycles. The Morgan fingerprint density at radius 3 is 2.50 bits per heavy atom. The van der Waals surface area contributed by atoms with Gasteiger partial charge in [0.25, 0.3) is 0 Å². The molecule has 1 saturated carbocycles. The zero-order chi connectivity index (χ0) is 20.2. The lowest BCUT2D eigenvalue weighted by molar-refractivity contribution is 0.214. The Hall–Kier alpha value is -2.22. The molecule has 148 valence electrons. The van der Waals surface area contributed by atoms with Gasteiger partial charge in [-0.05, 0) is 62.9 Å². The molecule has 0 amide bonds.